The highest BCUT2D eigenvalue weighted by molar-refractivity contribution is 6.20. The Labute approximate surface area is 504 Å². The van der Waals surface area contributed by atoms with Gasteiger partial charge in [0.1, 0.15) is 0 Å². The highest BCUT2D eigenvalue weighted by atomic mass is 16.2. The van der Waals surface area contributed by atoms with E-state index in [0.717, 1.165) is 45.0 Å². The lowest BCUT2D eigenvalue weighted by atomic mass is 9.64. The fraction of sp³-hybridized carbons (Fsp3) is 0.189. The second-order valence-electron chi connectivity index (χ2n) is 22.2. The number of piperidine rings is 2. The van der Waals surface area contributed by atoms with E-state index in [4.69, 9.17) is 0 Å². The molecule has 8 aromatic carbocycles. The second-order valence-corrected chi connectivity index (χ2v) is 22.2. The Kier molecular flexibility index (Phi) is 17.6. The summed E-state index contributed by atoms with van der Waals surface area (Å²) in [6.07, 6.45) is 6.92. The first-order chi connectivity index (χ1) is 42.3. The molecule has 0 bridgehead atoms. The molecule has 0 aromatic heterocycles. The Balaban J connectivity index is 0.877. The van der Waals surface area contributed by atoms with Crippen molar-refractivity contribution < 1.29 is 19.2 Å². The number of nitrogens with zero attached hydrogens (tertiary/aromatic N) is 8. The molecule has 8 aromatic rings. The Morgan fingerprint density at radius 3 is 0.628 bits per heavy atom. The SMILES string of the molecule is O=C1C2=CC=C3C(=O)N(N(CCN(Cc4ccccc4)c4ccccc4)CCN(Cc4ccccc4)c4ccccc4)C(=O)C4=CC=C(C(=O)N1N(CCN(Cc1ccccc1)c1ccccc1)CCN(Cc1ccccc1)c1ccccc1)C2C34. The van der Waals surface area contributed by atoms with Gasteiger partial charge in [-0.1, -0.05) is 218 Å². The third-order valence-corrected chi connectivity index (χ3v) is 16.7. The zero-order chi connectivity index (χ0) is 58.6. The first-order valence-electron chi connectivity index (χ1n) is 29.8. The van der Waals surface area contributed by atoms with Crippen molar-refractivity contribution in [3.63, 3.8) is 0 Å². The van der Waals surface area contributed by atoms with Crippen LogP contribution in [0.5, 0.6) is 0 Å². The summed E-state index contributed by atoms with van der Waals surface area (Å²) in [6.45, 7) is 5.68. The fourth-order valence-corrected chi connectivity index (χ4v) is 12.4. The normalized spacial score (nSPS) is 16.1. The molecule has 0 N–H and O–H groups in total. The van der Waals surface area contributed by atoms with Crippen LogP contribution >= 0.6 is 0 Å². The highest BCUT2D eigenvalue weighted by Crippen LogP contribution is 2.50. The van der Waals surface area contributed by atoms with Crippen molar-refractivity contribution in [3.8, 4) is 0 Å². The zero-order valence-corrected chi connectivity index (χ0v) is 48.3. The van der Waals surface area contributed by atoms with Crippen molar-refractivity contribution in [2.75, 3.05) is 72.0 Å². The van der Waals surface area contributed by atoms with Gasteiger partial charge in [0.25, 0.3) is 23.6 Å². The van der Waals surface area contributed by atoms with Crippen LogP contribution in [0.2, 0.25) is 0 Å². The van der Waals surface area contributed by atoms with Gasteiger partial charge in [-0.15, -0.1) is 0 Å². The standard InChI is InChI=1S/C74H70N8O4/c83-71-65-41-43-67-70-68(74(86)82(73(67)85)80(51-47-77(63-37-21-7-22-38-63)55-59-29-13-3-14-30-59)52-48-78(64-39-23-8-24-40-64)56-60-31-15-4-16-32-60)44-42-66(69(65)70)72(84)81(71)79(49-45-75(61-33-17-5-18-34-61)53-57-25-9-1-10-26-57)50-46-76(62-35-19-6-20-36-62)54-58-27-11-2-12-28-58/h1-44,69-70H,45-56H2. The van der Waals surface area contributed by atoms with Gasteiger partial charge in [0.2, 0.25) is 0 Å². The predicted octanol–water partition coefficient (Wildman–Crippen LogP) is 12.0. The van der Waals surface area contributed by atoms with Crippen LogP contribution in [-0.2, 0) is 45.4 Å². The lowest BCUT2D eigenvalue weighted by Crippen LogP contribution is -2.62. The molecule has 12 nitrogen and oxygen atoms in total. The van der Waals surface area contributed by atoms with Crippen LogP contribution < -0.4 is 19.6 Å². The average molecular weight is 1140 g/mol. The molecule has 2 heterocycles. The fourth-order valence-electron chi connectivity index (χ4n) is 12.4. The van der Waals surface area contributed by atoms with Gasteiger partial charge >= 0.3 is 0 Å². The Morgan fingerprint density at radius 2 is 0.430 bits per heavy atom. The van der Waals surface area contributed by atoms with Gasteiger partial charge in [-0.3, -0.25) is 19.2 Å². The summed E-state index contributed by atoms with van der Waals surface area (Å²) in [5.74, 6) is -3.48. The van der Waals surface area contributed by atoms with E-state index in [1.165, 1.54) is 10.0 Å². The molecule has 2 saturated heterocycles. The maximum atomic E-state index is 15.6. The quantitative estimate of drug-likeness (QED) is 0.0488. The van der Waals surface area contributed by atoms with Crippen LogP contribution in [0.15, 0.2) is 289 Å². The van der Waals surface area contributed by atoms with E-state index in [1.54, 1.807) is 24.3 Å². The monoisotopic (exact) mass is 1130 g/mol. The molecule has 4 amide bonds. The molecule has 4 aliphatic rings. The van der Waals surface area contributed by atoms with E-state index in [0.29, 0.717) is 101 Å². The molecular formula is C74H70N8O4. The number of hydrogen-bond acceptors (Lipinski definition) is 10. The maximum Gasteiger partial charge on any atom is 0.272 e. The van der Waals surface area contributed by atoms with E-state index in [9.17, 15) is 0 Å². The van der Waals surface area contributed by atoms with Crippen LogP contribution in [0.1, 0.15) is 22.3 Å². The molecule has 0 radical (unpaired) electrons. The highest BCUT2D eigenvalue weighted by Gasteiger charge is 2.56. The summed E-state index contributed by atoms with van der Waals surface area (Å²) >= 11 is 0. The van der Waals surface area contributed by atoms with Gasteiger partial charge in [0.15, 0.2) is 0 Å². The third-order valence-electron chi connectivity index (χ3n) is 16.7. The van der Waals surface area contributed by atoms with Crippen molar-refractivity contribution in [2.45, 2.75) is 26.2 Å². The Bertz CT molecular complexity index is 3250. The molecule has 86 heavy (non-hydrogen) atoms. The van der Waals surface area contributed by atoms with Gasteiger partial charge < -0.3 is 19.6 Å². The second kappa shape index (κ2) is 26.8. The predicted molar refractivity (Wildman–Crippen MR) is 342 cm³/mol. The molecular weight excluding hydrogens is 1060 g/mol. The molecule has 0 saturated carbocycles. The number of hydrogen-bond donors (Lipinski definition) is 0. The number of amides is 4. The molecule has 12 rings (SSSR count). The van der Waals surface area contributed by atoms with Crippen LogP contribution in [0.3, 0.4) is 0 Å². The number of rotatable bonds is 26. The summed E-state index contributed by atoms with van der Waals surface area (Å²) in [5, 5.41) is 6.50. The van der Waals surface area contributed by atoms with Crippen LogP contribution in [0, 0.1) is 11.8 Å². The Morgan fingerprint density at radius 1 is 0.244 bits per heavy atom. The van der Waals surface area contributed by atoms with E-state index >= 15 is 19.2 Å². The number of benzene rings is 8. The number of anilines is 4. The van der Waals surface area contributed by atoms with E-state index in [-0.39, 0.29) is 0 Å². The number of carbonyl (C=O) groups is 4. The van der Waals surface area contributed by atoms with E-state index in [2.05, 4.69) is 117 Å². The molecule has 0 unspecified atom stereocenters. The number of imide groups is 2. The summed E-state index contributed by atoms with van der Waals surface area (Å²) in [7, 11) is 0. The van der Waals surface area contributed by atoms with E-state index in [1.807, 2.05) is 156 Å². The Hall–Kier alpha value is -9.88. The van der Waals surface area contributed by atoms with Crippen LogP contribution in [0.4, 0.5) is 22.7 Å². The largest absolute Gasteiger partial charge is 0.366 e. The first-order valence-corrected chi connectivity index (χ1v) is 29.8. The zero-order valence-electron chi connectivity index (χ0n) is 48.3. The molecule has 12 heteroatoms. The molecule has 430 valence electrons. The summed E-state index contributed by atoms with van der Waals surface area (Å²) in [5.41, 5.74) is 10.1. The number of carbonyl (C=O) groups excluding carboxylic acids is 4. The molecule has 2 aliphatic carbocycles. The molecule has 2 aliphatic heterocycles. The van der Waals surface area contributed by atoms with Gasteiger partial charge in [-0.05, 0) is 70.8 Å². The smallest absolute Gasteiger partial charge is 0.272 e. The lowest BCUT2D eigenvalue weighted by Gasteiger charge is -2.49. The van der Waals surface area contributed by atoms with Gasteiger partial charge in [-0.25, -0.2) is 20.0 Å². The van der Waals surface area contributed by atoms with Crippen molar-refractivity contribution in [1.82, 2.24) is 20.0 Å². The van der Waals surface area contributed by atoms with E-state index < -0.39 is 35.5 Å². The van der Waals surface area contributed by atoms with Crippen molar-refractivity contribution in [1.29, 1.82) is 0 Å². The minimum atomic E-state index is -0.826. The average Bonchev–Trinajstić information content (AvgIpc) is 1.27. The van der Waals surface area contributed by atoms with Gasteiger partial charge in [0, 0.05) is 135 Å². The maximum absolute atomic E-state index is 15.6. The van der Waals surface area contributed by atoms with Crippen molar-refractivity contribution in [2.24, 2.45) is 11.8 Å². The number of para-hydroxylation sites is 4. The summed E-state index contributed by atoms with van der Waals surface area (Å²) < 4.78 is 0. The molecule has 0 spiro atoms. The molecule has 0 atom stereocenters. The van der Waals surface area contributed by atoms with Crippen LogP contribution in [0.25, 0.3) is 0 Å². The third kappa shape index (κ3) is 12.8. The van der Waals surface area contributed by atoms with Crippen molar-refractivity contribution >= 4 is 46.4 Å². The molecule has 2 fully saturated rings. The minimum Gasteiger partial charge on any atom is -0.366 e. The van der Waals surface area contributed by atoms with Gasteiger partial charge in [0.05, 0.1) is 0 Å². The van der Waals surface area contributed by atoms with Crippen molar-refractivity contribution in [3.05, 3.63) is 312 Å². The summed E-state index contributed by atoms with van der Waals surface area (Å²) in [4.78, 5) is 71.5. The number of allylic oxidation sites excluding steroid dienone is 4. The number of hydrazine groups is 2. The van der Waals surface area contributed by atoms with Gasteiger partial charge in [-0.2, -0.15) is 0 Å². The summed E-state index contributed by atoms with van der Waals surface area (Å²) in [6, 6.07) is 82.1. The first kappa shape index (κ1) is 56.6. The minimum absolute atomic E-state index is 0.325. The topological polar surface area (TPSA) is 94.2 Å². The van der Waals surface area contributed by atoms with Crippen LogP contribution in [-0.4, -0.2) is 96.0 Å². The lowest BCUT2D eigenvalue weighted by molar-refractivity contribution is -0.165.